The van der Waals surface area contributed by atoms with Crippen molar-refractivity contribution >= 4 is 27.4 Å². The Morgan fingerprint density at radius 2 is 1.92 bits per heavy atom. The minimum Gasteiger partial charge on any atom is -0.492 e. The van der Waals surface area contributed by atoms with Crippen molar-refractivity contribution in [3.63, 3.8) is 0 Å². The topological polar surface area (TPSA) is 84.4 Å². The highest BCUT2D eigenvalue weighted by Gasteiger charge is 2.35. The highest BCUT2D eigenvalue weighted by Crippen LogP contribution is 2.40. The summed E-state index contributed by atoms with van der Waals surface area (Å²) >= 11 is 6.27. The van der Waals surface area contributed by atoms with Gasteiger partial charge in [0.05, 0.1) is 17.2 Å². The molecule has 7 nitrogen and oxygen atoms in total. The first-order valence-corrected chi connectivity index (χ1v) is 14.0. The van der Waals surface area contributed by atoms with E-state index in [1.807, 2.05) is 19.0 Å². The Morgan fingerprint density at radius 1 is 1.15 bits per heavy atom. The third-order valence-corrected chi connectivity index (χ3v) is 8.52. The van der Waals surface area contributed by atoms with Crippen molar-refractivity contribution in [3.05, 3.63) is 77.0 Å². The number of ether oxygens (including phenoxy) is 1. The zero-order valence-electron chi connectivity index (χ0n) is 21.1. The Labute approximate surface area is 229 Å². The van der Waals surface area contributed by atoms with Gasteiger partial charge in [-0.2, -0.15) is 13.2 Å². The summed E-state index contributed by atoms with van der Waals surface area (Å²) in [6, 6.07) is 8.64. The summed E-state index contributed by atoms with van der Waals surface area (Å²) in [5.41, 5.74) is -0.0187. The molecule has 0 radical (unpaired) electrons. The Hall–Kier alpha value is -2.96. The zero-order chi connectivity index (χ0) is 28.4. The van der Waals surface area contributed by atoms with E-state index in [9.17, 15) is 26.0 Å². The quantitative estimate of drug-likeness (QED) is 0.327. The molecule has 4 rings (SSSR count). The molecule has 1 heterocycles. The molecule has 1 aliphatic carbocycles. The summed E-state index contributed by atoms with van der Waals surface area (Å²) in [5.74, 6) is -1.15. The molecule has 1 aromatic heterocycles. The molecule has 0 amide bonds. The van der Waals surface area contributed by atoms with Gasteiger partial charge in [-0.15, -0.1) is 0 Å². The molecule has 210 valence electrons. The van der Waals surface area contributed by atoms with E-state index in [-0.39, 0.29) is 41.1 Å². The standard InChI is InChI=1S/C26H27ClF4N4O3S/c1-35(2)22-11-17(16-4-3-5-19(10-16)26(29,30)31)6-7-18(22)14-38-23-13-21(28)24(12-20(23)27)39(36,37)34-25-8-9-32-15-33-25/h3-5,8-10,12-13,15,17-18,22H,6-7,11,14H2,1-2H3,(H,32,33,34)/t17-,18?,22-/m0/s1. The van der Waals surface area contributed by atoms with Gasteiger partial charge in [-0.25, -0.2) is 22.8 Å². The number of rotatable bonds is 8. The van der Waals surface area contributed by atoms with Crippen LogP contribution in [-0.4, -0.2) is 50.0 Å². The molecular weight excluding hydrogens is 560 g/mol. The Morgan fingerprint density at radius 3 is 2.59 bits per heavy atom. The molecule has 0 spiro atoms. The number of hydrogen-bond donors (Lipinski definition) is 1. The van der Waals surface area contributed by atoms with Gasteiger partial charge in [0.15, 0.2) is 0 Å². The first-order valence-electron chi connectivity index (χ1n) is 12.1. The monoisotopic (exact) mass is 586 g/mol. The number of alkyl halides is 3. The van der Waals surface area contributed by atoms with Crippen molar-refractivity contribution in [2.75, 3.05) is 25.4 Å². The molecule has 2 aromatic carbocycles. The maximum absolute atomic E-state index is 14.9. The van der Waals surface area contributed by atoms with Crippen LogP contribution in [0.25, 0.3) is 0 Å². The van der Waals surface area contributed by atoms with Gasteiger partial charge in [-0.05, 0) is 63.0 Å². The van der Waals surface area contributed by atoms with E-state index in [1.54, 1.807) is 6.07 Å². The maximum atomic E-state index is 14.9. The summed E-state index contributed by atoms with van der Waals surface area (Å²) < 4.78 is 87.8. The lowest BCUT2D eigenvalue weighted by atomic mass is 9.75. The predicted octanol–water partition coefficient (Wildman–Crippen LogP) is 5.98. The van der Waals surface area contributed by atoms with E-state index < -0.39 is 32.5 Å². The van der Waals surface area contributed by atoms with E-state index in [0.717, 1.165) is 24.5 Å². The summed E-state index contributed by atoms with van der Waals surface area (Å²) in [6.45, 7) is 0.169. The number of nitrogens with zero attached hydrogens (tertiary/aromatic N) is 3. The maximum Gasteiger partial charge on any atom is 0.416 e. The first kappa shape index (κ1) is 29.0. The van der Waals surface area contributed by atoms with Gasteiger partial charge in [0.25, 0.3) is 10.0 Å². The molecule has 1 N–H and O–H groups in total. The van der Waals surface area contributed by atoms with E-state index in [4.69, 9.17) is 16.3 Å². The van der Waals surface area contributed by atoms with Crippen molar-refractivity contribution in [3.8, 4) is 5.75 Å². The molecule has 1 saturated carbocycles. The number of halogens is 5. The minimum atomic E-state index is -4.41. The van der Waals surface area contributed by atoms with Crippen molar-refractivity contribution in [1.29, 1.82) is 0 Å². The van der Waals surface area contributed by atoms with E-state index in [1.165, 1.54) is 24.4 Å². The number of benzene rings is 2. The fourth-order valence-electron chi connectivity index (χ4n) is 4.88. The lowest BCUT2D eigenvalue weighted by Crippen LogP contribution is -2.42. The fourth-order valence-corrected chi connectivity index (χ4v) is 6.25. The molecule has 13 heteroatoms. The van der Waals surface area contributed by atoms with Crippen LogP contribution in [0.3, 0.4) is 0 Å². The normalized spacial score (nSPS) is 20.2. The zero-order valence-corrected chi connectivity index (χ0v) is 22.7. The molecule has 0 bridgehead atoms. The van der Waals surface area contributed by atoms with Gasteiger partial charge in [-0.1, -0.05) is 29.8 Å². The van der Waals surface area contributed by atoms with Gasteiger partial charge in [0.2, 0.25) is 0 Å². The lowest BCUT2D eigenvalue weighted by molar-refractivity contribution is -0.137. The summed E-state index contributed by atoms with van der Waals surface area (Å²) in [6.07, 6.45) is 0.0198. The van der Waals surface area contributed by atoms with Crippen LogP contribution in [0, 0.1) is 11.7 Å². The average molecular weight is 587 g/mol. The third kappa shape index (κ3) is 6.98. The Bertz CT molecular complexity index is 1410. The summed E-state index contributed by atoms with van der Waals surface area (Å²) in [7, 11) is -0.532. The van der Waals surface area contributed by atoms with Crippen molar-refractivity contribution in [2.24, 2.45) is 5.92 Å². The van der Waals surface area contributed by atoms with Gasteiger partial charge < -0.3 is 9.64 Å². The second-order valence-electron chi connectivity index (χ2n) is 9.65. The van der Waals surface area contributed by atoms with E-state index >= 15 is 0 Å². The first-order chi connectivity index (χ1) is 18.3. The molecule has 3 aromatic rings. The predicted molar refractivity (Wildman–Crippen MR) is 139 cm³/mol. The van der Waals surface area contributed by atoms with E-state index in [0.29, 0.717) is 24.8 Å². The van der Waals surface area contributed by atoms with Gasteiger partial charge in [0, 0.05) is 24.2 Å². The number of sulfonamides is 1. The molecule has 1 unspecified atom stereocenters. The molecule has 1 aliphatic rings. The van der Waals surface area contributed by atoms with Crippen LogP contribution in [0.1, 0.15) is 36.3 Å². The molecule has 1 fully saturated rings. The van der Waals surface area contributed by atoms with Crippen molar-refractivity contribution in [2.45, 2.75) is 42.3 Å². The third-order valence-electron chi connectivity index (χ3n) is 6.85. The van der Waals surface area contributed by atoms with Crippen molar-refractivity contribution < 1.29 is 30.7 Å². The van der Waals surface area contributed by atoms with Crippen LogP contribution >= 0.6 is 11.6 Å². The van der Waals surface area contributed by atoms with Crippen LogP contribution in [0.5, 0.6) is 5.75 Å². The van der Waals surface area contributed by atoms with Gasteiger partial charge in [-0.3, -0.25) is 4.72 Å². The number of anilines is 1. The molecule has 0 aliphatic heterocycles. The van der Waals surface area contributed by atoms with Gasteiger partial charge >= 0.3 is 6.18 Å². The fraction of sp³-hybridized carbons (Fsp3) is 0.385. The smallest absolute Gasteiger partial charge is 0.416 e. The second-order valence-corrected chi connectivity index (χ2v) is 11.7. The number of aromatic nitrogens is 2. The minimum absolute atomic E-state index is 0.00680. The highest BCUT2D eigenvalue weighted by molar-refractivity contribution is 7.92. The summed E-state index contributed by atoms with van der Waals surface area (Å²) in [4.78, 5) is 8.81. The van der Waals surface area contributed by atoms with Crippen LogP contribution in [0.15, 0.2) is 59.9 Å². The second kappa shape index (κ2) is 11.6. The van der Waals surface area contributed by atoms with Crippen LogP contribution in [0.4, 0.5) is 23.4 Å². The molecule has 0 saturated heterocycles. The van der Waals surface area contributed by atoms with Crippen LogP contribution < -0.4 is 9.46 Å². The SMILES string of the molecule is CN(C)[C@H]1C[C@@H](c2cccc(C(F)(F)F)c2)CCC1COc1cc(F)c(S(=O)(=O)Nc2ccncn2)cc1Cl. The lowest BCUT2D eigenvalue weighted by Gasteiger charge is -2.40. The number of hydrogen-bond acceptors (Lipinski definition) is 6. The van der Waals surface area contributed by atoms with Gasteiger partial charge in [0.1, 0.15) is 28.6 Å². The highest BCUT2D eigenvalue weighted by atomic mass is 35.5. The average Bonchev–Trinajstić information content (AvgIpc) is 2.88. The van der Waals surface area contributed by atoms with Crippen molar-refractivity contribution in [1.82, 2.24) is 14.9 Å². The Balaban J connectivity index is 1.45. The number of nitrogens with one attached hydrogen (secondary N) is 1. The van der Waals surface area contributed by atoms with E-state index in [2.05, 4.69) is 14.7 Å². The molecular formula is C26H27ClF4N4O3S. The van der Waals surface area contributed by atoms with Crippen LogP contribution in [0.2, 0.25) is 5.02 Å². The molecule has 39 heavy (non-hydrogen) atoms. The Kier molecular flexibility index (Phi) is 8.67. The molecule has 3 atom stereocenters. The van der Waals surface area contributed by atoms with Crippen LogP contribution in [-0.2, 0) is 16.2 Å². The summed E-state index contributed by atoms with van der Waals surface area (Å²) in [5, 5.41) is -0.0847. The largest absolute Gasteiger partial charge is 0.492 e.